The predicted octanol–water partition coefficient (Wildman–Crippen LogP) is 1.64. The van der Waals surface area contributed by atoms with Crippen LogP contribution in [0.3, 0.4) is 0 Å². The summed E-state index contributed by atoms with van der Waals surface area (Å²) in [4.78, 5) is 41.7. The number of carbonyl (C=O) groups is 3. The Bertz CT molecular complexity index is 712. The molecule has 6 atom stereocenters. The summed E-state index contributed by atoms with van der Waals surface area (Å²) in [7, 11) is 0. The van der Waals surface area contributed by atoms with Gasteiger partial charge >= 0.3 is 5.97 Å². The highest BCUT2D eigenvalue weighted by atomic mass is 16.6. The van der Waals surface area contributed by atoms with Crippen molar-refractivity contribution >= 4 is 17.8 Å². The summed E-state index contributed by atoms with van der Waals surface area (Å²) in [5, 5.41) is 13.1. The van der Waals surface area contributed by atoms with E-state index in [0.717, 1.165) is 12.8 Å². The third kappa shape index (κ3) is 3.86. The lowest BCUT2D eigenvalue weighted by Gasteiger charge is -2.37. The zero-order valence-corrected chi connectivity index (χ0v) is 19.5. The molecule has 0 radical (unpaired) electrons. The number of fused-ring (bicyclic) bond motifs is 1. The van der Waals surface area contributed by atoms with Gasteiger partial charge in [0, 0.05) is 6.54 Å². The fourth-order valence-electron chi connectivity index (χ4n) is 5.95. The van der Waals surface area contributed by atoms with E-state index in [1.54, 1.807) is 6.92 Å². The lowest BCUT2D eigenvalue weighted by molar-refractivity contribution is -0.160. The average Bonchev–Trinajstić information content (AvgIpc) is 3.27. The summed E-state index contributed by atoms with van der Waals surface area (Å²) in [6.45, 7) is 10.2. The van der Waals surface area contributed by atoms with Crippen molar-refractivity contribution in [2.24, 2.45) is 17.8 Å². The van der Waals surface area contributed by atoms with Crippen LogP contribution in [0.5, 0.6) is 0 Å². The zero-order chi connectivity index (χ0) is 23.0. The molecule has 1 spiro atoms. The van der Waals surface area contributed by atoms with Gasteiger partial charge in [0.15, 0.2) is 0 Å². The van der Waals surface area contributed by atoms with Gasteiger partial charge in [0.05, 0.1) is 30.8 Å². The molecule has 3 heterocycles. The molecule has 3 rings (SSSR count). The number of aliphatic hydroxyl groups excluding tert-OH is 1. The molecule has 2 unspecified atom stereocenters. The quantitative estimate of drug-likeness (QED) is 0.397. The van der Waals surface area contributed by atoms with Crippen LogP contribution >= 0.6 is 0 Å². The normalized spacial score (nSPS) is 34.9. The molecule has 0 saturated carbocycles. The fraction of sp³-hybridized carbons (Fsp3) is 0.870. The van der Waals surface area contributed by atoms with E-state index in [9.17, 15) is 19.5 Å². The second-order valence-electron chi connectivity index (χ2n) is 9.84. The van der Waals surface area contributed by atoms with Gasteiger partial charge in [-0.05, 0) is 45.4 Å². The van der Waals surface area contributed by atoms with E-state index >= 15 is 0 Å². The topological polar surface area (TPSA) is 105 Å². The van der Waals surface area contributed by atoms with Crippen LogP contribution in [0.25, 0.3) is 0 Å². The van der Waals surface area contributed by atoms with Gasteiger partial charge in [0.2, 0.25) is 11.8 Å². The maximum atomic E-state index is 13.8. The minimum atomic E-state index is -1.07. The fourth-order valence-corrected chi connectivity index (χ4v) is 5.95. The lowest BCUT2D eigenvalue weighted by Crippen LogP contribution is -2.58. The van der Waals surface area contributed by atoms with Crippen LogP contribution in [0, 0.1) is 17.8 Å². The third-order valence-corrected chi connectivity index (χ3v) is 7.18. The number of unbranched alkanes of at least 4 members (excludes halogenated alkanes) is 1. The van der Waals surface area contributed by atoms with Crippen molar-refractivity contribution in [3.05, 3.63) is 0 Å². The molecule has 0 aliphatic carbocycles. The zero-order valence-electron chi connectivity index (χ0n) is 19.5. The number of nitrogens with one attached hydrogen (secondary N) is 1. The van der Waals surface area contributed by atoms with Gasteiger partial charge in [-0.25, -0.2) is 0 Å². The number of ether oxygens (including phenoxy) is 2. The van der Waals surface area contributed by atoms with Gasteiger partial charge in [-0.1, -0.05) is 27.2 Å². The summed E-state index contributed by atoms with van der Waals surface area (Å²) in [5.74, 6) is -2.28. The minimum Gasteiger partial charge on any atom is -0.466 e. The number of nitrogens with zero attached hydrogens (tertiary/aromatic N) is 1. The van der Waals surface area contributed by atoms with E-state index in [1.165, 1.54) is 4.90 Å². The Morgan fingerprint density at radius 3 is 2.61 bits per heavy atom. The van der Waals surface area contributed by atoms with Crippen molar-refractivity contribution in [2.75, 3.05) is 19.8 Å². The van der Waals surface area contributed by atoms with Crippen LogP contribution in [0.4, 0.5) is 0 Å². The van der Waals surface area contributed by atoms with Gasteiger partial charge < -0.3 is 24.8 Å². The van der Waals surface area contributed by atoms with Crippen LogP contribution < -0.4 is 5.32 Å². The first kappa shape index (κ1) is 24.0. The Balaban J connectivity index is 2.03. The number of likely N-dealkylation sites (tertiary alicyclic amines) is 1. The molecule has 8 heteroatoms. The van der Waals surface area contributed by atoms with Gasteiger partial charge in [-0.3, -0.25) is 14.4 Å². The van der Waals surface area contributed by atoms with Crippen LogP contribution in [-0.2, 0) is 23.9 Å². The Kier molecular flexibility index (Phi) is 7.01. The molecule has 31 heavy (non-hydrogen) atoms. The molecule has 0 aromatic rings. The van der Waals surface area contributed by atoms with Gasteiger partial charge in [0.1, 0.15) is 17.6 Å². The molecular formula is C23H38N2O6. The standard InChI is InChI=1S/C23H38N2O6/c1-6-8-11-24-19(27)18-23-10-9-22(5,31-23)17(21(29)30-7-2)16(23)20(28)25(18)15(13-26)12-14(3)4/h14-18,26H,6-13H2,1-5H3,(H,24,27)/t15-,16+,17+,18?,22-,23?/m1/s1. The molecule has 3 fully saturated rings. The van der Waals surface area contributed by atoms with Crippen LogP contribution in [0.1, 0.15) is 66.7 Å². The summed E-state index contributed by atoms with van der Waals surface area (Å²) < 4.78 is 11.8. The van der Waals surface area contributed by atoms with Crippen LogP contribution in [-0.4, -0.2) is 70.8 Å². The maximum absolute atomic E-state index is 13.8. The summed E-state index contributed by atoms with van der Waals surface area (Å²) in [6, 6.07) is -1.37. The highest BCUT2D eigenvalue weighted by molar-refractivity contribution is 5.98. The number of hydrogen-bond donors (Lipinski definition) is 2. The van der Waals surface area contributed by atoms with Crippen LogP contribution in [0.15, 0.2) is 0 Å². The molecule has 2 amide bonds. The second kappa shape index (κ2) is 9.06. The van der Waals surface area contributed by atoms with E-state index in [1.807, 2.05) is 27.7 Å². The number of aliphatic hydroxyl groups is 1. The Morgan fingerprint density at radius 2 is 2.03 bits per heavy atom. The number of carbonyl (C=O) groups excluding carboxylic acids is 3. The molecule has 3 aliphatic rings. The molecule has 2 bridgehead atoms. The van der Waals surface area contributed by atoms with Crippen molar-refractivity contribution in [1.82, 2.24) is 10.2 Å². The first-order valence-electron chi connectivity index (χ1n) is 11.7. The number of esters is 1. The predicted molar refractivity (Wildman–Crippen MR) is 114 cm³/mol. The van der Waals surface area contributed by atoms with Crippen molar-refractivity contribution in [1.29, 1.82) is 0 Å². The molecule has 0 aromatic heterocycles. The van der Waals surface area contributed by atoms with E-state index in [0.29, 0.717) is 25.8 Å². The Labute approximate surface area is 185 Å². The highest BCUT2D eigenvalue weighted by Crippen LogP contribution is 2.63. The van der Waals surface area contributed by atoms with Gasteiger partial charge in [0.25, 0.3) is 0 Å². The van der Waals surface area contributed by atoms with E-state index < -0.39 is 41.1 Å². The van der Waals surface area contributed by atoms with Gasteiger partial charge in [-0.15, -0.1) is 0 Å². The molecular weight excluding hydrogens is 400 g/mol. The van der Waals surface area contributed by atoms with E-state index in [4.69, 9.17) is 9.47 Å². The first-order valence-corrected chi connectivity index (χ1v) is 11.7. The van der Waals surface area contributed by atoms with Crippen LogP contribution in [0.2, 0.25) is 0 Å². The Hall–Kier alpha value is -1.67. The van der Waals surface area contributed by atoms with Crippen molar-refractivity contribution < 1.29 is 29.0 Å². The molecule has 8 nitrogen and oxygen atoms in total. The smallest absolute Gasteiger partial charge is 0.312 e. The minimum absolute atomic E-state index is 0.219. The SMILES string of the molecule is CCCCNC(=O)C1N([C@@H](CO)CC(C)C)C(=O)[C@@H]2[C@@H](C(=O)OCC)[C@@]3(C)CCC12O3. The summed E-state index contributed by atoms with van der Waals surface area (Å²) >= 11 is 0. The summed E-state index contributed by atoms with van der Waals surface area (Å²) in [5.41, 5.74) is -1.89. The van der Waals surface area contributed by atoms with Gasteiger partial charge in [-0.2, -0.15) is 0 Å². The summed E-state index contributed by atoms with van der Waals surface area (Å²) in [6.07, 6.45) is 3.44. The molecule has 3 aliphatic heterocycles. The molecule has 2 N–H and O–H groups in total. The highest BCUT2D eigenvalue weighted by Gasteiger charge is 2.78. The Morgan fingerprint density at radius 1 is 1.32 bits per heavy atom. The molecule has 176 valence electrons. The molecule has 0 aromatic carbocycles. The maximum Gasteiger partial charge on any atom is 0.312 e. The van der Waals surface area contributed by atoms with Crippen molar-refractivity contribution in [3.63, 3.8) is 0 Å². The largest absolute Gasteiger partial charge is 0.466 e. The van der Waals surface area contributed by atoms with E-state index in [2.05, 4.69) is 5.32 Å². The monoisotopic (exact) mass is 438 g/mol. The number of rotatable bonds is 10. The second-order valence-corrected chi connectivity index (χ2v) is 9.84. The number of hydrogen-bond acceptors (Lipinski definition) is 6. The van der Waals surface area contributed by atoms with E-state index in [-0.39, 0.29) is 30.9 Å². The first-order chi connectivity index (χ1) is 14.7. The van der Waals surface area contributed by atoms with Crippen molar-refractivity contribution in [2.45, 2.75) is 90.0 Å². The third-order valence-electron chi connectivity index (χ3n) is 7.18. The molecule has 3 saturated heterocycles. The lowest BCUT2D eigenvalue weighted by atomic mass is 9.66. The van der Waals surface area contributed by atoms with Crippen molar-refractivity contribution in [3.8, 4) is 0 Å². The average molecular weight is 439 g/mol. The number of amides is 2.